The van der Waals surface area contributed by atoms with Crippen molar-refractivity contribution in [3.05, 3.63) is 95.1 Å². The Morgan fingerprint density at radius 2 is 1.49 bits per heavy atom. The van der Waals surface area contributed by atoms with E-state index in [0.717, 1.165) is 27.8 Å². The summed E-state index contributed by atoms with van der Waals surface area (Å²) in [4.78, 5) is 35.8. The molecule has 2 amide bonds. The van der Waals surface area contributed by atoms with Gasteiger partial charge in [0.05, 0.1) is 12.1 Å². The molecule has 4 rings (SSSR count). The van der Waals surface area contributed by atoms with Gasteiger partial charge in [-0.25, -0.2) is 9.59 Å². The Labute approximate surface area is 202 Å². The standard InChI is InChI=1S/C27H26N2O6/c1-34-24(25(30)28-14-17-10-12-18(13-11-17)26(31)32)15-29-27(33)35-16-23-21-8-4-2-6-19(21)20-7-3-5-9-22(20)23/h2-13,23-24H,14-16H2,1H3,(H,28,30)(H,29,33)(H,31,32). The number of alkyl carbamates (subject to hydrolysis) is 1. The van der Waals surface area contributed by atoms with E-state index in [1.165, 1.54) is 19.2 Å². The number of carbonyl (C=O) groups is 3. The predicted octanol–water partition coefficient (Wildman–Crippen LogP) is 3.55. The quantitative estimate of drug-likeness (QED) is 0.437. The maximum Gasteiger partial charge on any atom is 0.407 e. The topological polar surface area (TPSA) is 114 Å². The Morgan fingerprint density at radius 1 is 0.886 bits per heavy atom. The summed E-state index contributed by atoms with van der Waals surface area (Å²) < 4.78 is 10.7. The molecule has 3 aromatic rings. The van der Waals surface area contributed by atoms with Crippen molar-refractivity contribution in [3.63, 3.8) is 0 Å². The van der Waals surface area contributed by atoms with Gasteiger partial charge in [-0.15, -0.1) is 0 Å². The molecule has 0 saturated carbocycles. The van der Waals surface area contributed by atoms with E-state index >= 15 is 0 Å². The highest BCUT2D eigenvalue weighted by atomic mass is 16.5. The van der Waals surface area contributed by atoms with E-state index in [0.29, 0.717) is 0 Å². The Kier molecular flexibility index (Phi) is 7.42. The van der Waals surface area contributed by atoms with Crippen molar-refractivity contribution in [2.45, 2.75) is 18.6 Å². The highest BCUT2D eigenvalue weighted by Crippen LogP contribution is 2.44. The first-order valence-electron chi connectivity index (χ1n) is 11.2. The number of nitrogens with one attached hydrogen (secondary N) is 2. The zero-order valence-corrected chi connectivity index (χ0v) is 19.2. The van der Waals surface area contributed by atoms with Gasteiger partial charge in [-0.05, 0) is 39.9 Å². The molecule has 0 saturated heterocycles. The largest absolute Gasteiger partial charge is 0.478 e. The monoisotopic (exact) mass is 474 g/mol. The predicted molar refractivity (Wildman–Crippen MR) is 129 cm³/mol. The number of carbonyl (C=O) groups excluding carboxylic acids is 2. The molecule has 0 heterocycles. The molecule has 0 bridgehead atoms. The Balaban J connectivity index is 1.27. The normalized spacial score (nSPS) is 12.8. The molecule has 8 nitrogen and oxygen atoms in total. The molecule has 0 aliphatic heterocycles. The van der Waals surface area contributed by atoms with Crippen LogP contribution in [0.1, 0.15) is 33.0 Å². The number of hydrogen-bond acceptors (Lipinski definition) is 5. The van der Waals surface area contributed by atoms with Crippen molar-refractivity contribution in [1.29, 1.82) is 0 Å². The lowest BCUT2D eigenvalue weighted by atomic mass is 9.98. The van der Waals surface area contributed by atoms with Crippen LogP contribution in [0.15, 0.2) is 72.8 Å². The molecule has 3 aromatic carbocycles. The second-order valence-electron chi connectivity index (χ2n) is 8.15. The van der Waals surface area contributed by atoms with Crippen molar-refractivity contribution in [3.8, 4) is 11.1 Å². The molecular weight excluding hydrogens is 448 g/mol. The molecule has 0 spiro atoms. The number of amides is 2. The summed E-state index contributed by atoms with van der Waals surface area (Å²) in [5.74, 6) is -1.48. The van der Waals surface area contributed by atoms with Crippen molar-refractivity contribution in [1.82, 2.24) is 10.6 Å². The minimum atomic E-state index is -1.01. The fraction of sp³-hybridized carbons (Fsp3) is 0.222. The maximum absolute atomic E-state index is 12.5. The Morgan fingerprint density at radius 3 is 2.06 bits per heavy atom. The second kappa shape index (κ2) is 10.8. The van der Waals surface area contributed by atoms with E-state index in [2.05, 4.69) is 22.8 Å². The molecule has 0 fully saturated rings. The van der Waals surface area contributed by atoms with Crippen LogP contribution in [0, 0.1) is 0 Å². The van der Waals surface area contributed by atoms with Crippen molar-refractivity contribution < 1.29 is 29.0 Å². The third-order valence-electron chi connectivity index (χ3n) is 6.02. The van der Waals surface area contributed by atoms with E-state index in [-0.39, 0.29) is 31.2 Å². The van der Waals surface area contributed by atoms with Crippen LogP contribution in [0.5, 0.6) is 0 Å². The van der Waals surface area contributed by atoms with Gasteiger partial charge < -0.3 is 25.2 Å². The number of carboxylic acid groups (broad SMARTS) is 1. The molecule has 0 aromatic heterocycles. The van der Waals surface area contributed by atoms with Crippen LogP contribution < -0.4 is 10.6 Å². The molecule has 1 aliphatic rings. The number of benzene rings is 3. The summed E-state index contributed by atoms with van der Waals surface area (Å²) >= 11 is 0. The summed E-state index contributed by atoms with van der Waals surface area (Å²) in [5.41, 5.74) is 5.43. The summed E-state index contributed by atoms with van der Waals surface area (Å²) in [6, 6.07) is 22.3. The molecule has 35 heavy (non-hydrogen) atoms. The van der Waals surface area contributed by atoms with E-state index < -0.39 is 24.1 Å². The average Bonchev–Trinajstić information content (AvgIpc) is 3.20. The van der Waals surface area contributed by atoms with Crippen LogP contribution in [-0.4, -0.2) is 49.4 Å². The lowest BCUT2D eigenvalue weighted by Crippen LogP contribution is -2.43. The molecular formula is C27H26N2O6. The third-order valence-corrected chi connectivity index (χ3v) is 6.02. The van der Waals surface area contributed by atoms with Crippen LogP contribution in [-0.2, 0) is 20.8 Å². The molecule has 3 N–H and O–H groups in total. The number of fused-ring (bicyclic) bond motifs is 3. The summed E-state index contributed by atoms with van der Waals surface area (Å²) in [7, 11) is 1.38. The molecule has 1 atom stereocenters. The zero-order valence-electron chi connectivity index (χ0n) is 19.2. The SMILES string of the molecule is COC(CNC(=O)OCC1c2ccccc2-c2ccccc21)C(=O)NCc1ccc(C(=O)O)cc1. The minimum absolute atomic E-state index is 0.0535. The minimum Gasteiger partial charge on any atom is -0.478 e. The zero-order chi connectivity index (χ0) is 24.8. The number of ether oxygens (including phenoxy) is 2. The summed E-state index contributed by atoms with van der Waals surface area (Å²) in [6.45, 7) is 0.316. The van der Waals surface area contributed by atoms with Crippen LogP contribution >= 0.6 is 0 Å². The average molecular weight is 475 g/mol. The smallest absolute Gasteiger partial charge is 0.407 e. The van der Waals surface area contributed by atoms with Crippen molar-refractivity contribution >= 4 is 18.0 Å². The van der Waals surface area contributed by atoms with Crippen LogP contribution in [0.4, 0.5) is 4.79 Å². The summed E-state index contributed by atoms with van der Waals surface area (Å²) in [5, 5.41) is 14.3. The number of carboxylic acids is 1. The first kappa shape index (κ1) is 24.0. The first-order valence-corrected chi connectivity index (χ1v) is 11.2. The van der Waals surface area contributed by atoms with Crippen molar-refractivity contribution in [2.75, 3.05) is 20.3 Å². The Hall–Kier alpha value is -4.17. The molecule has 1 aliphatic carbocycles. The van der Waals surface area contributed by atoms with Gasteiger partial charge in [0, 0.05) is 19.6 Å². The van der Waals surface area contributed by atoms with Crippen LogP contribution in [0.25, 0.3) is 11.1 Å². The van der Waals surface area contributed by atoms with Gasteiger partial charge >= 0.3 is 12.1 Å². The van der Waals surface area contributed by atoms with E-state index in [9.17, 15) is 14.4 Å². The van der Waals surface area contributed by atoms with Gasteiger partial charge in [-0.1, -0.05) is 60.7 Å². The number of hydrogen-bond donors (Lipinski definition) is 3. The van der Waals surface area contributed by atoms with Gasteiger partial charge in [0.1, 0.15) is 6.61 Å². The lowest BCUT2D eigenvalue weighted by Gasteiger charge is -2.17. The number of methoxy groups -OCH3 is 1. The van der Waals surface area contributed by atoms with Gasteiger partial charge in [0.2, 0.25) is 0 Å². The van der Waals surface area contributed by atoms with Gasteiger partial charge in [0.25, 0.3) is 5.91 Å². The highest BCUT2D eigenvalue weighted by Gasteiger charge is 2.29. The first-order chi connectivity index (χ1) is 17.0. The number of rotatable bonds is 9. The second-order valence-corrected chi connectivity index (χ2v) is 8.15. The molecule has 0 radical (unpaired) electrons. The van der Waals surface area contributed by atoms with E-state index in [4.69, 9.17) is 14.6 Å². The highest BCUT2D eigenvalue weighted by molar-refractivity contribution is 5.87. The fourth-order valence-electron chi connectivity index (χ4n) is 4.18. The maximum atomic E-state index is 12.5. The fourth-order valence-corrected chi connectivity index (χ4v) is 4.18. The molecule has 1 unspecified atom stereocenters. The number of aromatic carboxylic acids is 1. The lowest BCUT2D eigenvalue weighted by molar-refractivity contribution is -0.130. The molecule has 8 heteroatoms. The van der Waals surface area contributed by atoms with Gasteiger partial charge in [-0.3, -0.25) is 4.79 Å². The Bertz CT molecular complexity index is 1180. The third kappa shape index (κ3) is 5.50. The van der Waals surface area contributed by atoms with Gasteiger partial charge in [0.15, 0.2) is 6.10 Å². The van der Waals surface area contributed by atoms with Gasteiger partial charge in [-0.2, -0.15) is 0 Å². The molecule has 180 valence electrons. The van der Waals surface area contributed by atoms with E-state index in [1.807, 2.05) is 36.4 Å². The van der Waals surface area contributed by atoms with Crippen LogP contribution in [0.2, 0.25) is 0 Å². The van der Waals surface area contributed by atoms with Crippen LogP contribution in [0.3, 0.4) is 0 Å². The summed E-state index contributed by atoms with van der Waals surface area (Å²) in [6.07, 6.45) is -1.54. The van der Waals surface area contributed by atoms with Crippen molar-refractivity contribution in [2.24, 2.45) is 0 Å². The van der Waals surface area contributed by atoms with E-state index in [1.54, 1.807) is 12.1 Å².